The van der Waals surface area contributed by atoms with Crippen molar-refractivity contribution in [3.8, 4) is 0 Å². The average molecular weight is 254 g/mol. The second-order valence-corrected chi connectivity index (χ2v) is 5.16. The van der Waals surface area contributed by atoms with Crippen LogP contribution in [-0.2, 0) is 10.5 Å². The average Bonchev–Trinajstić information content (AvgIpc) is 2.36. The highest BCUT2D eigenvalue weighted by Gasteiger charge is 2.06. The van der Waals surface area contributed by atoms with Crippen LogP contribution in [-0.4, -0.2) is 29.9 Å². The Morgan fingerprint density at radius 3 is 2.88 bits per heavy atom. The number of ether oxygens (including phenoxy) is 1. The Morgan fingerprint density at radius 2 is 2.35 bits per heavy atom. The van der Waals surface area contributed by atoms with Crippen LogP contribution in [0.4, 0.5) is 0 Å². The van der Waals surface area contributed by atoms with Gasteiger partial charge in [0, 0.05) is 17.2 Å². The van der Waals surface area contributed by atoms with E-state index in [2.05, 4.69) is 16.6 Å². The molecule has 0 aliphatic rings. The predicted octanol–water partition coefficient (Wildman–Crippen LogP) is 1.84. The molecule has 1 aromatic rings. The summed E-state index contributed by atoms with van der Waals surface area (Å²) in [7, 11) is 1.36. The summed E-state index contributed by atoms with van der Waals surface area (Å²) < 4.78 is 4.61. The van der Waals surface area contributed by atoms with Gasteiger partial charge in [-0.3, -0.25) is 4.98 Å². The Kier molecular flexibility index (Phi) is 6.00. The lowest BCUT2D eigenvalue weighted by Crippen LogP contribution is -2.07. The maximum Gasteiger partial charge on any atom is 0.339 e. The van der Waals surface area contributed by atoms with Gasteiger partial charge in [-0.25, -0.2) is 4.79 Å². The van der Waals surface area contributed by atoms with Gasteiger partial charge in [0.25, 0.3) is 0 Å². The van der Waals surface area contributed by atoms with Gasteiger partial charge in [0.05, 0.1) is 18.4 Å². The number of carbonyl (C=O) groups is 1. The van der Waals surface area contributed by atoms with Gasteiger partial charge in [-0.15, -0.1) is 0 Å². The molecule has 4 nitrogen and oxygen atoms in total. The zero-order valence-electron chi connectivity index (χ0n) is 10.2. The number of esters is 1. The van der Waals surface area contributed by atoms with Crippen LogP contribution in [0.3, 0.4) is 0 Å². The molecule has 0 saturated heterocycles. The number of aromatic nitrogens is 1. The van der Waals surface area contributed by atoms with E-state index in [0.29, 0.717) is 17.4 Å². The number of rotatable bonds is 6. The molecule has 5 heteroatoms. The van der Waals surface area contributed by atoms with Crippen molar-refractivity contribution in [2.45, 2.75) is 24.3 Å². The Hall–Kier alpha value is -1.07. The fourth-order valence-electron chi connectivity index (χ4n) is 1.29. The molecule has 0 fully saturated rings. The predicted molar refractivity (Wildman–Crippen MR) is 70.0 cm³/mol. The fraction of sp³-hybridized carbons (Fsp3) is 0.500. The first-order valence-electron chi connectivity index (χ1n) is 5.52. The van der Waals surface area contributed by atoms with Gasteiger partial charge in [-0.1, -0.05) is 6.92 Å². The minimum absolute atomic E-state index is 0.354. The van der Waals surface area contributed by atoms with Crippen LogP contribution in [0.2, 0.25) is 0 Å². The van der Waals surface area contributed by atoms with Crippen LogP contribution in [0.25, 0.3) is 0 Å². The Balaban J connectivity index is 2.48. The number of nitrogens with two attached hydrogens (primary N) is 1. The molecular formula is C12H18N2O2S. The van der Waals surface area contributed by atoms with Crippen molar-refractivity contribution in [2.24, 2.45) is 5.73 Å². The molecule has 1 rings (SSSR count). The molecule has 17 heavy (non-hydrogen) atoms. The van der Waals surface area contributed by atoms with Crippen molar-refractivity contribution in [2.75, 3.05) is 13.7 Å². The summed E-state index contributed by atoms with van der Waals surface area (Å²) in [5.41, 5.74) is 6.93. The molecular weight excluding hydrogens is 236 g/mol. The molecule has 0 bridgehead atoms. The smallest absolute Gasteiger partial charge is 0.339 e. The third-order valence-corrected chi connectivity index (χ3v) is 3.60. The number of thioether (sulfide) groups is 1. The Labute approximate surface area is 106 Å². The van der Waals surface area contributed by atoms with E-state index < -0.39 is 0 Å². The van der Waals surface area contributed by atoms with Crippen LogP contribution >= 0.6 is 11.8 Å². The van der Waals surface area contributed by atoms with Crippen molar-refractivity contribution < 1.29 is 9.53 Å². The normalized spacial score (nSPS) is 12.2. The van der Waals surface area contributed by atoms with Gasteiger partial charge in [0.15, 0.2) is 0 Å². The van der Waals surface area contributed by atoms with Crippen molar-refractivity contribution in [3.63, 3.8) is 0 Å². The Morgan fingerprint density at radius 1 is 1.59 bits per heavy atom. The van der Waals surface area contributed by atoms with E-state index in [1.165, 1.54) is 7.11 Å². The summed E-state index contributed by atoms with van der Waals surface area (Å²) in [6.45, 7) is 2.86. The number of methoxy groups -OCH3 is 1. The highest BCUT2D eigenvalue weighted by Crippen LogP contribution is 2.18. The Bertz CT molecular complexity index is 354. The topological polar surface area (TPSA) is 65.2 Å². The first-order valence-corrected chi connectivity index (χ1v) is 6.57. The van der Waals surface area contributed by atoms with E-state index in [0.717, 1.165) is 17.9 Å². The van der Waals surface area contributed by atoms with E-state index in [9.17, 15) is 4.79 Å². The van der Waals surface area contributed by atoms with Gasteiger partial charge in [0.2, 0.25) is 0 Å². The van der Waals surface area contributed by atoms with Gasteiger partial charge >= 0.3 is 5.97 Å². The van der Waals surface area contributed by atoms with Crippen molar-refractivity contribution in [1.29, 1.82) is 0 Å². The number of nitrogens with zero attached hydrogens (tertiary/aromatic N) is 1. The van der Waals surface area contributed by atoms with Crippen LogP contribution in [0, 0.1) is 0 Å². The van der Waals surface area contributed by atoms with Crippen LogP contribution in [0.5, 0.6) is 0 Å². The van der Waals surface area contributed by atoms with Gasteiger partial charge in [0.1, 0.15) is 0 Å². The summed E-state index contributed by atoms with van der Waals surface area (Å²) in [6, 6.07) is 3.59. The quantitative estimate of drug-likeness (QED) is 0.785. The highest BCUT2D eigenvalue weighted by atomic mass is 32.2. The van der Waals surface area contributed by atoms with Crippen LogP contribution in [0.1, 0.15) is 29.4 Å². The number of carbonyl (C=O) groups excluding carboxylic acids is 1. The molecule has 0 saturated carbocycles. The third kappa shape index (κ3) is 4.75. The van der Waals surface area contributed by atoms with Crippen LogP contribution < -0.4 is 5.73 Å². The largest absolute Gasteiger partial charge is 0.465 e. The molecule has 0 aliphatic carbocycles. The molecule has 0 amide bonds. The van der Waals surface area contributed by atoms with E-state index >= 15 is 0 Å². The molecule has 0 spiro atoms. The maximum absolute atomic E-state index is 11.2. The molecule has 1 aromatic heterocycles. The standard InChI is InChI=1S/C12H18N2O2S/c1-9(5-6-13)17-8-11-4-3-10(7-14-11)12(15)16-2/h3-4,7,9H,5-6,8,13H2,1-2H3. The van der Waals surface area contributed by atoms with Crippen LogP contribution in [0.15, 0.2) is 18.3 Å². The minimum atomic E-state index is -0.354. The molecule has 0 aromatic carbocycles. The van der Waals surface area contributed by atoms with Crippen molar-refractivity contribution in [1.82, 2.24) is 4.98 Å². The second kappa shape index (κ2) is 7.29. The minimum Gasteiger partial charge on any atom is -0.465 e. The number of hydrogen-bond donors (Lipinski definition) is 1. The maximum atomic E-state index is 11.2. The van der Waals surface area contributed by atoms with Gasteiger partial charge in [-0.05, 0) is 25.1 Å². The van der Waals surface area contributed by atoms with E-state index in [1.54, 1.807) is 12.3 Å². The third-order valence-electron chi connectivity index (χ3n) is 2.33. The molecule has 1 atom stereocenters. The molecule has 0 radical (unpaired) electrons. The first kappa shape index (κ1) is 14.0. The van der Waals surface area contributed by atoms with Gasteiger partial charge in [-0.2, -0.15) is 11.8 Å². The summed E-state index contributed by atoms with van der Waals surface area (Å²) in [4.78, 5) is 15.4. The monoisotopic (exact) mass is 254 g/mol. The van der Waals surface area contributed by atoms with E-state index in [4.69, 9.17) is 5.73 Å². The molecule has 2 N–H and O–H groups in total. The SMILES string of the molecule is COC(=O)c1ccc(CSC(C)CCN)nc1. The summed E-state index contributed by atoms with van der Waals surface area (Å²) >= 11 is 1.82. The van der Waals surface area contributed by atoms with E-state index in [1.807, 2.05) is 17.8 Å². The van der Waals surface area contributed by atoms with Crippen molar-refractivity contribution in [3.05, 3.63) is 29.6 Å². The fourth-order valence-corrected chi connectivity index (χ4v) is 2.22. The number of hydrogen-bond acceptors (Lipinski definition) is 5. The summed E-state index contributed by atoms with van der Waals surface area (Å²) in [5.74, 6) is 0.482. The lowest BCUT2D eigenvalue weighted by molar-refractivity contribution is 0.0600. The number of pyridine rings is 1. The summed E-state index contributed by atoms with van der Waals surface area (Å²) in [6.07, 6.45) is 2.56. The first-order chi connectivity index (χ1) is 8.17. The molecule has 1 unspecified atom stereocenters. The lowest BCUT2D eigenvalue weighted by Gasteiger charge is -2.09. The highest BCUT2D eigenvalue weighted by molar-refractivity contribution is 7.99. The second-order valence-electron chi connectivity index (χ2n) is 3.73. The summed E-state index contributed by atoms with van der Waals surface area (Å²) in [5, 5.41) is 0.530. The zero-order chi connectivity index (χ0) is 12.7. The van der Waals surface area contributed by atoms with Crippen molar-refractivity contribution >= 4 is 17.7 Å². The molecule has 1 heterocycles. The van der Waals surface area contributed by atoms with E-state index in [-0.39, 0.29) is 5.97 Å². The molecule has 94 valence electrons. The molecule has 0 aliphatic heterocycles. The van der Waals surface area contributed by atoms with Gasteiger partial charge < -0.3 is 10.5 Å². The lowest BCUT2D eigenvalue weighted by atomic mass is 10.2. The zero-order valence-corrected chi connectivity index (χ0v) is 11.0.